The van der Waals surface area contributed by atoms with Crippen LogP contribution in [0.3, 0.4) is 0 Å². The van der Waals surface area contributed by atoms with Crippen molar-refractivity contribution < 1.29 is 14.7 Å². The van der Waals surface area contributed by atoms with Gasteiger partial charge >= 0.3 is 5.97 Å². The Kier molecular flexibility index (Phi) is 3.29. The molecule has 5 rings (SSSR count). The highest BCUT2D eigenvalue weighted by molar-refractivity contribution is 6.07. The van der Waals surface area contributed by atoms with Gasteiger partial charge in [-0.25, -0.2) is 0 Å². The molecule has 0 radical (unpaired) electrons. The fourth-order valence-corrected chi connectivity index (χ4v) is 4.15. The number of aromatic nitrogens is 1. The van der Waals surface area contributed by atoms with Crippen molar-refractivity contribution in [2.45, 2.75) is 25.3 Å². The average molecular weight is 310 g/mol. The van der Waals surface area contributed by atoms with Crippen molar-refractivity contribution in [3.63, 3.8) is 0 Å². The lowest BCUT2D eigenvalue weighted by molar-refractivity contribution is -0.148. The van der Waals surface area contributed by atoms with Crippen LogP contribution in [0.25, 0.3) is 10.8 Å². The van der Waals surface area contributed by atoms with Gasteiger partial charge in [0, 0.05) is 35.9 Å². The average Bonchev–Trinajstić information content (AvgIpc) is 2.61. The van der Waals surface area contributed by atoms with E-state index in [9.17, 15) is 14.7 Å². The van der Waals surface area contributed by atoms with Gasteiger partial charge in [0.1, 0.15) is 0 Å². The standard InChI is InChI=1S/C18H18N2O3/c21-17(13-3-1-2-12-6-7-19-9-15(12)13)20-10-11-4-5-16(20)14(8-11)18(22)23/h1-3,6-7,9,11,14,16H,4-5,8,10H2,(H,22,23). The van der Waals surface area contributed by atoms with Crippen LogP contribution < -0.4 is 0 Å². The molecule has 3 atom stereocenters. The maximum atomic E-state index is 13.1. The number of fused-ring (bicyclic) bond motifs is 4. The summed E-state index contributed by atoms with van der Waals surface area (Å²) in [5.41, 5.74) is 0.618. The summed E-state index contributed by atoms with van der Waals surface area (Å²) in [5, 5.41) is 11.3. The summed E-state index contributed by atoms with van der Waals surface area (Å²) in [4.78, 5) is 30.5. The molecular weight excluding hydrogens is 292 g/mol. The monoisotopic (exact) mass is 310 g/mol. The summed E-state index contributed by atoms with van der Waals surface area (Å²) in [7, 11) is 0. The first-order valence-electron chi connectivity index (χ1n) is 8.01. The summed E-state index contributed by atoms with van der Waals surface area (Å²) >= 11 is 0. The number of benzene rings is 1. The molecule has 2 bridgehead atoms. The predicted octanol–water partition coefficient (Wildman–Crippen LogP) is 2.56. The van der Waals surface area contributed by atoms with Gasteiger partial charge in [-0.2, -0.15) is 0 Å². The number of amides is 1. The van der Waals surface area contributed by atoms with Crippen molar-refractivity contribution in [1.29, 1.82) is 0 Å². The molecule has 2 aromatic rings. The number of carboxylic acid groups (broad SMARTS) is 1. The second-order valence-corrected chi connectivity index (χ2v) is 6.55. The van der Waals surface area contributed by atoms with Crippen LogP contribution in [0.2, 0.25) is 0 Å². The Balaban J connectivity index is 1.72. The van der Waals surface area contributed by atoms with E-state index in [1.54, 1.807) is 17.3 Å². The first-order valence-corrected chi connectivity index (χ1v) is 8.01. The van der Waals surface area contributed by atoms with E-state index < -0.39 is 11.9 Å². The minimum absolute atomic E-state index is 0.0655. The third-order valence-corrected chi connectivity index (χ3v) is 5.27. The minimum atomic E-state index is -0.781. The van der Waals surface area contributed by atoms with Gasteiger partial charge in [-0.15, -0.1) is 0 Å². The van der Waals surface area contributed by atoms with Gasteiger partial charge in [-0.3, -0.25) is 14.6 Å². The van der Waals surface area contributed by atoms with E-state index in [1.165, 1.54) is 0 Å². The zero-order valence-corrected chi connectivity index (χ0v) is 12.7. The quantitative estimate of drug-likeness (QED) is 0.925. The highest BCUT2D eigenvalue weighted by atomic mass is 16.4. The third-order valence-electron chi connectivity index (χ3n) is 5.27. The Labute approximate surface area is 133 Å². The fraction of sp³-hybridized carbons (Fsp3) is 0.389. The Hall–Kier alpha value is -2.43. The highest BCUT2D eigenvalue weighted by Crippen LogP contribution is 2.40. The second kappa shape index (κ2) is 5.33. The molecule has 1 aromatic carbocycles. The van der Waals surface area contributed by atoms with Crippen LogP contribution in [0.5, 0.6) is 0 Å². The van der Waals surface area contributed by atoms with E-state index >= 15 is 0 Å². The van der Waals surface area contributed by atoms with Crippen molar-refractivity contribution in [3.8, 4) is 0 Å². The Morgan fingerprint density at radius 2 is 2.09 bits per heavy atom. The molecule has 1 saturated carbocycles. The van der Waals surface area contributed by atoms with Gasteiger partial charge in [0.2, 0.25) is 0 Å². The number of aliphatic carboxylic acids is 1. The minimum Gasteiger partial charge on any atom is -0.481 e. The smallest absolute Gasteiger partial charge is 0.308 e. The number of carbonyl (C=O) groups excluding carboxylic acids is 1. The van der Waals surface area contributed by atoms with Crippen LogP contribution in [0.4, 0.5) is 0 Å². The predicted molar refractivity (Wildman–Crippen MR) is 85.0 cm³/mol. The maximum absolute atomic E-state index is 13.1. The number of carboxylic acids is 1. The molecule has 2 saturated heterocycles. The van der Waals surface area contributed by atoms with E-state index in [0.717, 1.165) is 23.6 Å². The number of piperidine rings is 2. The van der Waals surface area contributed by atoms with E-state index in [2.05, 4.69) is 4.98 Å². The Morgan fingerprint density at radius 3 is 2.87 bits per heavy atom. The van der Waals surface area contributed by atoms with Crippen LogP contribution in [-0.2, 0) is 4.79 Å². The molecule has 1 N–H and O–H groups in total. The SMILES string of the molecule is O=C(O)C1CC2CCC1N(C(=O)c1cccc3ccncc13)C2. The van der Waals surface area contributed by atoms with E-state index in [0.29, 0.717) is 24.4 Å². The van der Waals surface area contributed by atoms with Crippen LogP contribution in [-0.4, -0.2) is 39.5 Å². The topological polar surface area (TPSA) is 70.5 Å². The van der Waals surface area contributed by atoms with E-state index in [4.69, 9.17) is 0 Å². The highest BCUT2D eigenvalue weighted by Gasteiger charge is 2.46. The van der Waals surface area contributed by atoms with Crippen molar-refractivity contribution >= 4 is 22.6 Å². The van der Waals surface area contributed by atoms with Crippen LogP contribution in [0.15, 0.2) is 36.7 Å². The number of hydrogen-bond donors (Lipinski definition) is 1. The van der Waals surface area contributed by atoms with Crippen LogP contribution >= 0.6 is 0 Å². The van der Waals surface area contributed by atoms with Crippen molar-refractivity contribution in [2.75, 3.05) is 6.54 Å². The van der Waals surface area contributed by atoms with Gasteiger partial charge in [-0.05, 0) is 42.7 Å². The van der Waals surface area contributed by atoms with Gasteiger partial charge in [0.15, 0.2) is 0 Å². The molecule has 23 heavy (non-hydrogen) atoms. The van der Waals surface area contributed by atoms with Crippen LogP contribution in [0, 0.1) is 11.8 Å². The van der Waals surface area contributed by atoms with Crippen molar-refractivity contribution in [2.24, 2.45) is 11.8 Å². The molecule has 118 valence electrons. The molecule has 1 aromatic heterocycles. The van der Waals surface area contributed by atoms with E-state index in [1.807, 2.05) is 24.3 Å². The molecule has 3 heterocycles. The Bertz CT molecular complexity index is 783. The summed E-state index contributed by atoms with van der Waals surface area (Å²) in [6, 6.07) is 7.33. The number of rotatable bonds is 2. The fourth-order valence-electron chi connectivity index (χ4n) is 4.15. The lowest BCUT2D eigenvalue weighted by atomic mass is 9.72. The molecular formula is C18H18N2O3. The molecule has 3 unspecified atom stereocenters. The third kappa shape index (κ3) is 2.27. The molecule has 3 aliphatic rings. The van der Waals surface area contributed by atoms with Gasteiger partial charge < -0.3 is 10.0 Å². The largest absolute Gasteiger partial charge is 0.481 e. The summed E-state index contributed by atoms with van der Waals surface area (Å²) < 4.78 is 0. The molecule has 0 spiro atoms. The first kappa shape index (κ1) is 14.2. The molecule has 5 nitrogen and oxygen atoms in total. The summed E-state index contributed by atoms with van der Waals surface area (Å²) in [6.45, 7) is 0.671. The second-order valence-electron chi connectivity index (χ2n) is 6.55. The summed E-state index contributed by atoms with van der Waals surface area (Å²) in [5.74, 6) is -0.973. The number of nitrogens with zero attached hydrogens (tertiary/aromatic N) is 2. The first-order chi connectivity index (χ1) is 11.1. The van der Waals surface area contributed by atoms with Gasteiger partial charge in [0.25, 0.3) is 5.91 Å². The van der Waals surface area contributed by atoms with Crippen LogP contribution in [0.1, 0.15) is 29.6 Å². The summed E-state index contributed by atoms with van der Waals surface area (Å²) in [6.07, 6.45) is 5.92. The molecule has 1 amide bonds. The maximum Gasteiger partial charge on any atom is 0.308 e. The molecule has 2 aliphatic heterocycles. The number of pyridine rings is 1. The van der Waals surface area contributed by atoms with Gasteiger partial charge in [-0.1, -0.05) is 12.1 Å². The van der Waals surface area contributed by atoms with Gasteiger partial charge in [0.05, 0.1) is 5.92 Å². The molecule has 5 heteroatoms. The van der Waals surface area contributed by atoms with E-state index in [-0.39, 0.29) is 11.9 Å². The lowest BCUT2D eigenvalue weighted by Crippen LogP contribution is -2.57. The zero-order valence-electron chi connectivity index (χ0n) is 12.7. The van der Waals surface area contributed by atoms with Crippen molar-refractivity contribution in [3.05, 3.63) is 42.2 Å². The molecule has 1 aliphatic carbocycles. The number of hydrogen-bond acceptors (Lipinski definition) is 3. The molecule has 3 fully saturated rings. The number of carbonyl (C=O) groups is 2. The lowest BCUT2D eigenvalue weighted by Gasteiger charge is -2.48. The Morgan fingerprint density at radius 1 is 1.22 bits per heavy atom. The zero-order chi connectivity index (χ0) is 16.0. The normalized spacial score (nSPS) is 26.4. The van der Waals surface area contributed by atoms with Crippen molar-refractivity contribution in [1.82, 2.24) is 9.88 Å².